The van der Waals surface area contributed by atoms with Crippen molar-refractivity contribution in [3.63, 3.8) is 0 Å². The van der Waals surface area contributed by atoms with Gasteiger partial charge in [-0.2, -0.15) is 0 Å². The topological polar surface area (TPSA) is 3.24 Å². The Morgan fingerprint density at radius 1 is 0.434 bits per heavy atom. The molecule has 0 N–H and O–H groups in total. The third kappa shape index (κ3) is 4.56. The van der Waals surface area contributed by atoms with Crippen LogP contribution < -0.4 is 4.90 Å². The van der Waals surface area contributed by atoms with Crippen LogP contribution in [0.25, 0.3) is 33.4 Å². The van der Waals surface area contributed by atoms with Crippen LogP contribution in [-0.2, 0) is 16.2 Å². The summed E-state index contributed by atoms with van der Waals surface area (Å²) < 4.78 is 0. The summed E-state index contributed by atoms with van der Waals surface area (Å²) in [5.74, 6) is 2.86. The van der Waals surface area contributed by atoms with E-state index < -0.39 is 0 Å². The van der Waals surface area contributed by atoms with Gasteiger partial charge in [0.05, 0.1) is 0 Å². The number of fused-ring (bicyclic) bond motifs is 6. The fraction of sp³-hybridized carbons (Fsp3) is 0.308. The molecule has 4 bridgehead atoms. The molecule has 262 valence electrons. The van der Waals surface area contributed by atoms with E-state index in [-0.39, 0.29) is 10.8 Å². The van der Waals surface area contributed by atoms with Gasteiger partial charge in [-0.25, -0.2) is 0 Å². The van der Waals surface area contributed by atoms with E-state index in [0.29, 0.717) is 5.41 Å². The van der Waals surface area contributed by atoms with Gasteiger partial charge < -0.3 is 4.90 Å². The largest absolute Gasteiger partial charge is 0.310 e. The van der Waals surface area contributed by atoms with Gasteiger partial charge in [0.25, 0.3) is 0 Å². The minimum Gasteiger partial charge on any atom is -0.310 e. The van der Waals surface area contributed by atoms with E-state index in [2.05, 4.69) is 166 Å². The van der Waals surface area contributed by atoms with E-state index >= 15 is 0 Å². The first kappa shape index (κ1) is 31.6. The molecular formula is C52H49N. The molecule has 1 nitrogen and oxygen atoms in total. The molecule has 4 saturated carbocycles. The van der Waals surface area contributed by atoms with Gasteiger partial charge in [-0.3, -0.25) is 0 Å². The second-order valence-electron chi connectivity index (χ2n) is 18.4. The average molecular weight is 688 g/mol. The maximum Gasteiger partial charge on any atom is 0.0465 e. The molecule has 6 aromatic carbocycles. The summed E-state index contributed by atoms with van der Waals surface area (Å²) in [5.41, 5.74) is 19.3. The predicted molar refractivity (Wildman–Crippen MR) is 222 cm³/mol. The normalized spacial score (nSPS) is 24.7. The van der Waals surface area contributed by atoms with Crippen molar-refractivity contribution in [2.24, 2.45) is 17.8 Å². The minimum absolute atomic E-state index is 0.0105. The third-order valence-electron chi connectivity index (χ3n) is 14.6. The molecule has 0 amide bonds. The van der Waals surface area contributed by atoms with Crippen molar-refractivity contribution in [1.82, 2.24) is 0 Å². The first-order valence-corrected chi connectivity index (χ1v) is 20.2. The lowest BCUT2D eigenvalue weighted by Gasteiger charge is -2.57. The molecule has 6 aliphatic carbocycles. The second kappa shape index (κ2) is 11.1. The van der Waals surface area contributed by atoms with Gasteiger partial charge in [-0.15, -0.1) is 0 Å². The molecule has 0 spiro atoms. The van der Waals surface area contributed by atoms with Gasteiger partial charge in [-0.05, 0) is 165 Å². The van der Waals surface area contributed by atoms with Crippen LogP contribution in [0.1, 0.15) is 94.0 Å². The van der Waals surface area contributed by atoms with Gasteiger partial charge in [0.1, 0.15) is 0 Å². The number of para-hydroxylation sites is 1. The zero-order valence-corrected chi connectivity index (χ0v) is 31.6. The Bertz CT molecular complexity index is 2390. The Kier molecular flexibility index (Phi) is 6.61. The van der Waals surface area contributed by atoms with Crippen LogP contribution in [0.3, 0.4) is 0 Å². The number of hydrogen-bond donors (Lipinski definition) is 0. The first-order valence-electron chi connectivity index (χ1n) is 20.2. The van der Waals surface area contributed by atoms with Crippen molar-refractivity contribution < 1.29 is 0 Å². The van der Waals surface area contributed by atoms with Crippen molar-refractivity contribution in [2.45, 2.75) is 82.5 Å². The quantitative estimate of drug-likeness (QED) is 0.174. The molecular weight excluding hydrogens is 639 g/mol. The smallest absolute Gasteiger partial charge is 0.0465 e. The molecule has 0 radical (unpaired) electrons. The predicted octanol–water partition coefficient (Wildman–Crippen LogP) is 13.9. The Morgan fingerprint density at radius 2 is 1.02 bits per heavy atom. The number of rotatable bonds is 5. The fourth-order valence-electron chi connectivity index (χ4n) is 12.5. The molecule has 53 heavy (non-hydrogen) atoms. The molecule has 4 fully saturated rings. The van der Waals surface area contributed by atoms with E-state index in [0.717, 1.165) is 17.8 Å². The Morgan fingerprint density at radius 3 is 1.75 bits per heavy atom. The van der Waals surface area contributed by atoms with Crippen molar-refractivity contribution in [2.75, 3.05) is 4.90 Å². The summed E-state index contributed by atoms with van der Waals surface area (Å²) in [4.78, 5) is 2.47. The van der Waals surface area contributed by atoms with Gasteiger partial charge >= 0.3 is 0 Å². The Balaban J connectivity index is 0.989. The highest BCUT2D eigenvalue weighted by atomic mass is 15.1. The van der Waals surface area contributed by atoms with Crippen LogP contribution in [0.2, 0.25) is 0 Å². The van der Waals surface area contributed by atoms with Crippen molar-refractivity contribution in [3.8, 4) is 33.4 Å². The van der Waals surface area contributed by atoms with Crippen molar-refractivity contribution >= 4 is 17.1 Å². The highest BCUT2D eigenvalue weighted by molar-refractivity contribution is 5.95. The lowest BCUT2D eigenvalue weighted by Crippen LogP contribution is -2.48. The molecule has 0 atom stereocenters. The zero-order chi connectivity index (χ0) is 35.7. The fourth-order valence-corrected chi connectivity index (χ4v) is 12.5. The molecule has 1 heteroatoms. The summed E-state index contributed by atoms with van der Waals surface area (Å²) in [6.07, 6.45) is 8.67. The molecule has 6 aromatic rings. The number of benzene rings is 6. The van der Waals surface area contributed by atoms with Crippen molar-refractivity contribution in [1.29, 1.82) is 0 Å². The molecule has 0 aliphatic heterocycles. The van der Waals surface area contributed by atoms with Crippen LogP contribution in [-0.4, -0.2) is 0 Å². The molecule has 0 saturated heterocycles. The maximum atomic E-state index is 2.49. The van der Waals surface area contributed by atoms with E-state index in [1.54, 1.807) is 5.56 Å². The first-order chi connectivity index (χ1) is 25.7. The molecule has 0 aromatic heterocycles. The molecule has 0 heterocycles. The number of anilines is 3. The SMILES string of the molecule is CC1(C)c2ccc(-c3cccc4c3-c3ccccc3C4(C)C)cc2-c2ccc(N(c3ccccc3)c3ccc(C45CC6CC(CC(C6)C4)C5)cc3)cc21. The van der Waals surface area contributed by atoms with Crippen LogP contribution in [0, 0.1) is 17.8 Å². The molecule has 6 aliphatic rings. The summed E-state index contributed by atoms with van der Waals surface area (Å²) in [5, 5.41) is 0. The van der Waals surface area contributed by atoms with Gasteiger partial charge in [0.2, 0.25) is 0 Å². The number of hydrogen-bond acceptors (Lipinski definition) is 1. The lowest BCUT2D eigenvalue weighted by atomic mass is 9.48. The zero-order valence-electron chi connectivity index (χ0n) is 31.6. The Labute approximate surface area is 315 Å². The lowest BCUT2D eigenvalue weighted by molar-refractivity contribution is -0.00518. The van der Waals surface area contributed by atoms with Crippen LogP contribution in [0.5, 0.6) is 0 Å². The van der Waals surface area contributed by atoms with E-state index in [1.807, 2.05) is 0 Å². The van der Waals surface area contributed by atoms with Gasteiger partial charge in [-0.1, -0.05) is 119 Å². The van der Waals surface area contributed by atoms with Crippen LogP contribution in [0.4, 0.5) is 17.1 Å². The summed E-state index contributed by atoms with van der Waals surface area (Å²) in [7, 11) is 0. The minimum atomic E-state index is -0.114. The monoisotopic (exact) mass is 687 g/mol. The second-order valence-corrected chi connectivity index (χ2v) is 18.4. The highest BCUT2D eigenvalue weighted by Crippen LogP contribution is 2.61. The Hall–Kier alpha value is -4.88. The summed E-state index contributed by atoms with van der Waals surface area (Å²) >= 11 is 0. The van der Waals surface area contributed by atoms with E-state index in [9.17, 15) is 0 Å². The van der Waals surface area contributed by atoms with Gasteiger partial charge in [0, 0.05) is 27.9 Å². The maximum absolute atomic E-state index is 2.49. The summed E-state index contributed by atoms with van der Waals surface area (Å²) in [6, 6.07) is 51.2. The van der Waals surface area contributed by atoms with Crippen LogP contribution >= 0.6 is 0 Å². The molecule has 12 rings (SSSR count). The summed E-state index contributed by atoms with van der Waals surface area (Å²) in [6.45, 7) is 9.56. The highest BCUT2D eigenvalue weighted by Gasteiger charge is 2.51. The standard InChI is InChI=1S/C52H49N/c1-50(2)45-15-9-8-13-43(45)49-41(14-10-16-47(49)50)36-17-24-46-44(28-36)42-23-22-40(29-48(42)51(46,3)4)53(38-11-6-5-7-12-38)39-20-18-37(19-21-39)52-30-33-25-34(31-52)27-35(26-33)32-52/h5-24,28-29,33-35H,25-27,30-32H2,1-4H3. The molecule has 0 unspecified atom stereocenters. The average Bonchev–Trinajstić information content (AvgIpc) is 3.54. The van der Waals surface area contributed by atoms with E-state index in [1.165, 1.54) is 111 Å². The van der Waals surface area contributed by atoms with Crippen molar-refractivity contribution in [3.05, 3.63) is 161 Å². The van der Waals surface area contributed by atoms with Gasteiger partial charge in [0.15, 0.2) is 0 Å². The third-order valence-corrected chi connectivity index (χ3v) is 14.6. The number of nitrogens with zero attached hydrogens (tertiary/aromatic N) is 1. The van der Waals surface area contributed by atoms with E-state index in [4.69, 9.17) is 0 Å². The van der Waals surface area contributed by atoms with Crippen LogP contribution in [0.15, 0.2) is 133 Å².